The molecular formula is C10H18INO. The Morgan fingerprint density at radius 1 is 1.38 bits per heavy atom. The van der Waals surface area contributed by atoms with E-state index >= 15 is 0 Å². The minimum absolute atomic E-state index is 0.281. The molecule has 0 atom stereocenters. The van der Waals surface area contributed by atoms with E-state index in [-0.39, 0.29) is 5.91 Å². The lowest BCUT2D eigenvalue weighted by Crippen LogP contribution is -2.33. The van der Waals surface area contributed by atoms with Crippen LogP contribution in [0, 0.1) is 11.8 Å². The predicted molar refractivity (Wildman–Crippen MR) is 63.0 cm³/mol. The van der Waals surface area contributed by atoms with E-state index < -0.39 is 0 Å². The van der Waals surface area contributed by atoms with Crippen LogP contribution in [0.5, 0.6) is 0 Å². The molecule has 0 aromatic rings. The minimum atomic E-state index is 0.281. The summed E-state index contributed by atoms with van der Waals surface area (Å²) >= 11 is 2.28. The van der Waals surface area contributed by atoms with E-state index in [4.69, 9.17) is 0 Å². The predicted octanol–water partition coefficient (Wildman–Crippen LogP) is 2.36. The highest BCUT2D eigenvalue weighted by Gasteiger charge is 2.23. The number of carbonyl (C=O) groups excluding carboxylic acids is 1. The molecule has 1 amide bonds. The van der Waals surface area contributed by atoms with E-state index in [0.717, 1.165) is 29.7 Å². The second kappa shape index (κ2) is 5.83. The summed E-state index contributed by atoms with van der Waals surface area (Å²) in [6.07, 6.45) is 4.63. The van der Waals surface area contributed by atoms with Crippen LogP contribution in [-0.4, -0.2) is 16.9 Å². The Bertz CT molecular complexity index is 164. The van der Waals surface area contributed by atoms with Crippen molar-refractivity contribution in [2.24, 2.45) is 11.8 Å². The van der Waals surface area contributed by atoms with Gasteiger partial charge < -0.3 is 5.32 Å². The molecular weight excluding hydrogens is 277 g/mol. The molecule has 1 N–H and O–H groups in total. The van der Waals surface area contributed by atoms with Gasteiger partial charge in [0.15, 0.2) is 0 Å². The average molecular weight is 295 g/mol. The molecule has 76 valence electrons. The van der Waals surface area contributed by atoms with Gasteiger partial charge in [0.25, 0.3) is 0 Å². The third kappa shape index (κ3) is 3.83. The molecule has 0 bridgehead atoms. The second-order valence-electron chi connectivity index (χ2n) is 3.94. The second-order valence-corrected chi connectivity index (χ2v) is 5.02. The molecule has 13 heavy (non-hydrogen) atoms. The highest BCUT2D eigenvalue weighted by Crippen LogP contribution is 2.28. The Labute approximate surface area is 94.0 Å². The zero-order valence-electron chi connectivity index (χ0n) is 8.18. The van der Waals surface area contributed by atoms with Gasteiger partial charge in [-0.25, -0.2) is 0 Å². The number of nitrogens with one attached hydrogen (secondary N) is 1. The largest absolute Gasteiger partial charge is 0.355 e. The van der Waals surface area contributed by atoms with Crippen molar-refractivity contribution < 1.29 is 4.79 Å². The van der Waals surface area contributed by atoms with Crippen molar-refractivity contribution in [2.75, 3.05) is 11.0 Å². The molecule has 1 fully saturated rings. The number of amides is 1. The first-order valence-corrected chi connectivity index (χ1v) is 6.60. The van der Waals surface area contributed by atoms with Crippen LogP contribution in [0.4, 0.5) is 0 Å². The first-order chi connectivity index (χ1) is 6.24. The number of rotatable bonds is 3. The molecule has 0 unspecified atom stereocenters. The molecule has 1 aliphatic carbocycles. The Kier molecular flexibility index (Phi) is 5.06. The van der Waals surface area contributed by atoms with E-state index in [0.29, 0.717) is 5.92 Å². The number of hydrogen-bond acceptors (Lipinski definition) is 1. The van der Waals surface area contributed by atoms with Crippen LogP contribution in [-0.2, 0) is 4.79 Å². The summed E-state index contributed by atoms with van der Waals surface area (Å²) in [6, 6.07) is 0. The van der Waals surface area contributed by atoms with Gasteiger partial charge in [-0.05, 0) is 31.6 Å². The fourth-order valence-corrected chi connectivity index (χ4v) is 2.11. The molecule has 2 nitrogen and oxygen atoms in total. The van der Waals surface area contributed by atoms with Gasteiger partial charge in [0.1, 0.15) is 0 Å². The standard InChI is InChI=1S/C10H18INO/c1-8-2-4-9(5-3-8)10(13)12-7-6-11/h8-9H,2-7H2,1H3,(H,12,13). The normalized spacial score (nSPS) is 28.5. The summed E-state index contributed by atoms with van der Waals surface area (Å²) in [6.45, 7) is 3.10. The Hall–Kier alpha value is 0.200. The molecule has 3 heteroatoms. The Morgan fingerprint density at radius 2 is 2.00 bits per heavy atom. The summed E-state index contributed by atoms with van der Waals surface area (Å²) < 4.78 is 1.01. The summed E-state index contributed by atoms with van der Waals surface area (Å²) in [7, 11) is 0. The average Bonchev–Trinajstić information content (AvgIpc) is 2.15. The van der Waals surface area contributed by atoms with Crippen LogP contribution in [0.3, 0.4) is 0 Å². The van der Waals surface area contributed by atoms with Crippen molar-refractivity contribution in [2.45, 2.75) is 32.6 Å². The third-order valence-corrected chi connectivity index (χ3v) is 3.32. The maximum atomic E-state index is 11.5. The first kappa shape index (κ1) is 11.3. The lowest BCUT2D eigenvalue weighted by Gasteiger charge is -2.25. The Morgan fingerprint density at radius 3 is 2.54 bits per heavy atom. The zero-order valence-corrected chi connectivity index (χ0v) is 10.3. The van der Waals surface area contributed by atoms with Gasteiger partial charge in [0.2, 0.25) is 5.91 Å². The topological polar surface area (TPSA) is 29.1 Å². The maximum Gasteiger partial charge on any atom is 0.223 e. The molecule has 0 aromatic carbocycles. The molecule has 0 aromatic heterocycles. The van der Waals surface area contributed by atoms with E-state index in [2.05, 4.69) is 34.8 Å². The first-order valence-electron chi connectivity index (χ1n) is 5.07. The Balaban J connectivity index is 2.23. The smallest absolute Gasteiger partial charge is 0.223 e. The van der Waals surface area contributed by atoms with E-state index in [9.17, 15) is 4.79 Å². The fraction of sp³-hybridized carbons (Fsp3) is 0.900. The van der Waals surface area contributed by atoms with Crippen molar-refractivity contribution in [1.82, 2.24) is 5.32 Å². The number of hydrogen-bond donors (Lipinski definition) is 1. The van der Waals surface area contributed by atoms with Gasteiger partial charge in [-0.1, -0.05) is 29.5 Å². The zero-order chi connectivity index (χ0) is 9.68. The van der Waals surface area contributed by atoms with Crippen LogP contribution in [0.15, 0.2) is 0 Å². The molecule has 0 radical (unpaired) electrons. The van der Waals surface area contributed by atoms with Crippen molar-refractivity contribution in [3.05, 3.63) is 0 Å². The molecule has 0 heterocycles. The van der Waals surface area contributed by atoms with Gasteiger partial charge in [-0.15, -0.1) is 0 Å². The van der Waals surface area contributed by atoms with Gasteiger partial charge in [0, 0.05) is 16.9 Å². The van der Waals surface area contributed by atoms with Crippen molar-refractivity contribution >= 4 is 28.5 Å². The van der Waals surface area contributed by atoms with Crippen LogP contribution in [0.25, 0.3) is 0 Å². The minimum Gasteiger partial charge on any atom is -0.355 e. The van der Waals surface area contributed by atoms with E-state index in [1.54, 1.807) is 0 Å². The lowest BCUT2D eigenvalue weighted by atomic mass is 9.82. The molecule has 1 saturated carbocycles. The van der Waals surface area contributed by atoms with Crippen LogP contribution < -0.4 is 5.32 Å². The highest BCUT2D eigenvalue weighted by molar-refractivity contribution is 14.1. The van der Waals surface area contributed by atoms with Crippen LogP contribution >= 0.6 is 22.6 Å². The molecule has 1 rings (SSSR count). The molecule has 0 aliphatic heterocycles. The van der Waals surface area contributed by atoms with Crippen molar-refractivity contribution in [1.29, 1.82) is 0 Å². The maximum absolute atomic E-state index is 11.5. The summed E-state index contributed by atoms with van der Waals surface area (Å²) in [5.41, 5.74) is 0. The van der Waals surface area contributed by atoms with Gasteiger partial charge >= 0.3 is 0 Å². The molecule has 1 aliphatic rings. The monoisotopic (exact) mass is 295 g/mol. The van der Waals surface area contributed by atoms with Crippen LogP contribution in [0.2, 0.25) is 0 Å². The van der Waals surface area contributed by atoms with Gasteiger partial charge in [-0.2, -0.15) is 0 Å². The third-order valence-electron chi connectivity index (χ3n) is 2.78. The number of alkyl halides is 1. The summed E-state index contributed by atoms with van der Waals surface area (Å²) in [5, 5.41) is 2.97. The van der Waals surface area contributed by atoms with E-state index in [1.165, 1.54) is 12.8 Å². The number of halogens is 1. The summed E-state index contributed by atoms with van der Waals surface area (Å²) in [4.78, 5) is 11.5. The number of carbonyl (C=O) groups is 1. The molecule has 0 saturated heterocycles. The van der Waals surface area contributed by atoms with Crippen LogP contribution in [0.1, 0.15) is 32.6 Å². The van der Waals surface area contributed by atoms with Crippen molar-refractivity contribution in [3.63, 3.8) is 0 Å². The summed E-state index contributed by atoms with van der Waals surface area (Å²) in [5.74, 6) is 1.41. The molecule has 0 spiro atoms. The lowest BCUT2D eigenvalue weighted by molar-refractivity contribution is -0.126. The van der Waals surface area contributed by atoms with Crippen molar-refractivity contribution in [3.8, 4) is 0 Å². The quantitative estimate of drug-likeness (QED) is 0.628. The SMILES string of the molecule is CC1CCC(C(=O)NCCI)CC1. The highest BCUT2D eigenvalue weighted by atomic mass is 127. The van der Waals surface area contributed by atoms with E-state index in [1.807, 2.05) is 0 Å². The van der Waals surface area contributed by atoms with Gasteiger partial charge in [0.05, 0.1) is 0 Å². The fourth-order valence-electron chi connectivity index (χ4n) is 1.84. The van der Waals surface area contributed by atoms with Gasteiger partial charge in [-0.3, -0.25) is 4.79 Å².